The number of carbonyl (C=O) groups excluding carboxylic acids is 3. The highest BCUT2D eigenvalue weighted by molar-refractivity contribution is 5.99. The molecule has 8 nitrogen and oxygen atoms in total. The Labute approximate surface area is 157 Å². The van der Waals surface area contributed by atoms with Crippen LogP contribution in [0.1, 0.15) is 32.3 Å². The van der Waals surface area contributed by atoms with Crippen LogP contribution < -0.4 is 16.0 Å². The van der Waals surface area contributed by atoms with Crippen LogP contribution in [0.2, 0.25) is 0 Å². The van der Waals surface area contributed by atoms with Gasteiger partial charge in [0, 0.05) is 6.42 Å². The minimum absolute atomic E-state index is 0.253. The predicted octanol–water partition coefficient (Wildman–Crippen LogP) is 0.218. The van der Waals surface area contributed by atoms with Crippen molar-refractivity contribution < 1.29 is 24.3 Å². The summed E-state index contributed by atoms with van der Waals surface area (Å²) in [6, 6.07) is 6.53. The molecule has 1 fully saturated rings. The van der Waals surface area contributed by atoms with Crippen molar-refractivity contribution in [2.24, 2.45) is 5.92 Å². The van der Waals surface area contributed by atoms with E-state index in [0.29, 0.717) is 12.8 Å². The molecule has 0 aliphatic carbocycles. The van der Waals surface area contributed by atoms with Crippen LogP contribution >= 0.6 is 0 Å². The molecule has 1 aliphatic rings. The van der Waals surface area contributed by atoms with Gasteiger partial charge in [0.15, 0.2) is 0 Å². The SMILES string of the molecule is CC[C@@H](C)[C@@H](NC(=O)C[C@@H]1NC(=O)[C@H](Cc2ccccc2)NC1=O)C(=O)O. The van der Waals surface area contributed by atoms with Gasteiger partial charge in [0.1, 0.15) is 18.1 Å². The molecule has 1 aromatic rings. The third kappa shape index (κ3) is 5.54. The van der Waals surface area contributed by atoms with E-state index in [1.54, 1.807) is 6.92 Å². The van der Waals surface area contributed by atoms with Crippen molar-refractivity contribution >= 4 is 23.7 Å². The first-order valence-corrected chi connectivity index (χ1v) is 8.98. The van der Waals surface area contributed by atoms with Gasteiger partial charge in [-0.1, -0.05) is 50.6 Å². The first-order chi connectivity index (χ1) is 12.8. The number of amides is 3. The number of hydrogen-bond donors (Lipinski definition) is 4. The van der Waals surface area contributed by atoms with Crippen LogP contribution in [0.4, 0.5) is 0 Å². The molecular formula is C19H25N3O5. The number of carboxylic acids is 1. The van der Waals surface area contributed by atoms with E-state index in [2.05, 4.69) is 16.0 Å². The Balaban J connectivity index is 1.93. The fraction of sp³-hybridized carbons (Fsp3) is 0.474. The smallest absolute Gasteiger partial charge is 0.326 e. The highest BCUT2D eigenvalue weighted by Crippen LogP contribution is 2.11. The largest absolute Gasteiger partial charge is 0.480 e. The minimum atomic E-state index is -1.13. The second-order valence-electron chi connectivity index (χ2n) is 6.79. The quantitative estimate of drug-likeness (QED) is 0.517. The molecule has 0 aromatic heterocycles. The molecular weight excluding hydrogens is 350 g/mol. The van der Waals surface area contributed by atoms with Crippen LogP contribution in [0.3, 0.4) is 0 Å². The fourth-order valence-corrected chi connectivity index (χ4v) is 2.91. The topological polar surface area (TPSA) is 125 Å². The average Bonchev–Trinajstić information content (AvgIpc) is 2.63. The standard InChI is InChI=1S/C19H25N3O5/c1-3-11(2)16(19(26)27)22-15(23)10-14-18(25)20-13(17(24)21-14)9-12-7-5-4-6-8-12/h4-8,11,13-14,16H,3,9-10H2,1-2H3,(H,20,25)(H,21,24)(H,22,23)(H,26,27)/t11-,13+,14+,16-/m1/s1. The summed E-state index contributed by atoms with van der Waals surface area (Å²) in [5, 5.41) is 16.9. The maximum atomic E-state index is 12.3. The molecule has 0 spiro atoms. The van der Waals surface area contributed by atoms with Gasteiger partial charge in [-0.3, -0.25) is 14.4 Å². The van der Waals surface area contributed by atoms with Crippen LogP contribution in [0.25, 0.3) is 0 Å². The Hall–Kier alpha value is -2.90. The van der Waals surface area contributed by atoms with Crippen molar-refractivity contribution in [3.8, 4) is 0 Å². The Morgan fingerprint density at radius 3 is 2.30 bits per heavy atom. The molecule has 0 bridgehead atoms. The summed E-state index contributed by atoms with van der Waals surface area (Å²) in [6.45, 7) is 3.55. The number of piperazine rings is 1. The Morgan fingerprint density at radius 2 is 1.70 bits per heavy atom. The van der Waals surface area contributed by atoms with Gasteiger partial charge in [0.05, 0.1) is 6.42 Å². The van der Waals surface area contributed by atoms with Crippen molar-refractivity contribution in [3.05, 3.63) is 35.9 Å². The molecule has 1 saturated heterocycles. The molecule has 146 valence electrons. The van der Waals surface area contributed by atoms with Gasteiger partial charge in [-0.15, -0.1) is 0 Å². The molecule has 1 aliphatic heterocycles. The Kier molecular flexibility index (Phi) is 6.92. The maximum absolute atomic E-state index is 12.3. The zero-order chi connectivity index (χ0) is 20.0. The summed E-state index contributed by atoms with van der Waals surface area (Å²) in [6.07, 6.45) is 0.626. The predicted molar refractivity (Wildman–Crippen MR) is 97.6 cm³/mol. The number of benzene rings is 1. The molecule has 27 heavy (non-hydrogen) atoms. The number of aliphatic carboxylic acids is 1. The third-order valence-corrected chi connectivity index (χ3v) is 4.73. The number of carbonyl (C=O) groups is 4. The highest BCUT2D eigenvalue weighted by Gasteiger charge is 2.35. The zero-order valence-corrected chi connectivity index (χ0v) is 15.4. The van der Waals surface area contributed by atoms with E-state index in [1.165, 1.54) is 0 Å². The Morgan fingerprint density at radius 1 is 1.11 bits per heavy atom. The first kappa shape index (κ1) is 20.4. The molecule has 1 heterocycles. The summed E-state index contributed by atoms with van der Waals surface area (Å²) in [4.78, 5) is 48.0. The lowest BCUT2D eigenvalue weighted by atomic mass is 9.98. The van der Waals surface area contributed by atoms with E-state index in [0.717, 1.165) is 5.56 Å². The summed E-state index contributed by atoms with van der Waals surface area (Å²) < 4.78 is 0. The fourth-order valence-electron chi connectivity index (χ4n) is 2.91. The van der Waals surface area contributed by atoms with E-state index >= 15 is 0 Å². The number of rotatable bonds is 8. The molecule has 0 saturated carbocycles. The van der Waals surface area contributed by atoms with Crippen molar-refractivity contribution in [2.75, 3.05) is 0 Å². The zero-order valence-electron chi connectivity index (χ0n) is 15.4. The van der Waals surface area contributed by atoms with Crippen molar-refractivity contribution in [2.45, 2.75) is 51.2 Å². The van der Waals surface area contributed by atoms with Crippen LogP contribution in [0, 0.1) is 5.92 Å². The minimum Gasteiger partial charge on any atom is -0.480 e. The lowest BCUT2D eigenvalue weighted by Crippen LogP contribution is -2.63. The summed E-state index contributed by atoms with van der Waals surface area (Å²) in [5.41, 5.74) is 0.909. The van der Waals surface area contributed by atoms with Gasteiger partial charge in [0.2, 0.25) is 17.7 Å². The van der Waals surface area contributed by atoms with Crippen LogP contribution in [-0.2, 0) is 25.6 Å². The molecule has 4 atom stereocenters. The molecule has 0 unspecified atom stereocenters. The number of nitrogens with one attached hydrogen (secondary N) is 3. The normalized spacial score (nSPS) is 21.6. The van der Waals surface area contributed by atoms with Crippen molar-refractivity contribution in [1.29, 1.82) is 0 Å². The number of carboxylic acid groups (broad SMARTS) is 1. The Bertz CT molecular complexity index is 707. The van der Waals surface area contributed by atoms with Crippen LogP contribution in [0.15, 0.2) is 30.3 Å². The van der Waals surface area contributed by atoms with Gasteiger partial charge >= 0.3 is 5.97 Å². The van der Waals surface area contributed by atoms with E-state index in [-0.39, 0.29) is 18.2 Å². The summed E-state index contributed by atoms with van der Waals surface area (Å²) >= 11 is 0. The lowest BCUT2D eigenvalue weighted by Gasteiger charge is -2.30. The first-order valence-electron chi connectivity index (χ1n) is 8.98. The summed E-state index contributed by atoms with van der Waals surface area (Å²) in [7, 11) is 0. The third-order valence-electron chi connectivity index (χ3n) is 4.73. The monoisotopic (exact) mass is 375 g/mol. The van der Waals surface area contributed by atoms with Crippen molar-refractivity contribution in [3.63, 3.8) is 0 Å². The summed E-state index contributed by atoms with van der Waals surface area (Å²) in [5.74, 6) is -2.80. The molecule has 4 N–H and O–H groups in total. The molecule has 8 heteroatoms. The van der Waals surface area contributed by atoms with E-state index in [1.807, 2.05) is 37.3 Å². The van der Waals surface area contributed by atoms with Gasteiger partial charge in [-0.05, 0) is 11.5 Å². The van der Waals surface area contributed by atoms with E-state index < -0.39 is 35.9 Å². The van der Waals surface area contributed by atoms with Gasteiger partial charge in [-0.2, -0.15) is 0 Å². The highest BCUT2D eigenvalue weighted by atomic mass is 16.4. The molecule has 3 amide bonds. The van der Waals surface area contributed by atoms with E-state index in [9.17, 15) is 24.3 Å². The van der Waals surface area contributed by atoms with Gasteiger partial charge < -0.3 is 21.1 Å². The molecule has 1 aromatic carbocycles. The van der Waals surface area contributed by atoms with Crippen LogP contribution in [0.5, 0.6) is 0 Å². The second-order valence-corrected chi connectivity index (χ2v) is 6.79. The lowest BCUT2D eigenvalue weighted by molar-refractivity contribution is -0.144. The van der Waals surface area contributed by atoms with Gasteiger partial charge in [0.25, 0.3) is 0 Å². The average molecular weight is 375 g/mol. The van der Waals surface area contributed by atoms with E-state index in [4.69, 9.17) is 0 Å². The van der Waals surface area contributed by atoms with Gasteiger partial charge in [-0.25, -0.2) is 4.79 Å². The molecule has 2 rings (SSSR count). The van der Waals surface area contributed by atoms with Crippen molar-refractivity contribution in [1.82, 2.24) is 16.0 Å². The second kappa shape index (κ2) is 9.16. The molecule has 0 radical (unpaired) electrons. The van der Waals surface area contributed by atoms with Crippen LogP contribution in [-0.4, -0.2) is 46.9 Å². The maximum Gasteiger partial charge on any atom is 0.326 e. The number of hydrogen-bond acceptors (Lipinski definition) is 4.